The second-order valence-electron chi connectivity index (χ2n) is 5.21. The number of nitrogens with one attached hydrogen (secondary N) is 1. The highest BCUT2D eigenvalue weighted by molar-refractivity contribution is 5.90. The summed E-state index contributed by atoms with van der Waals surface area (Å²) >= 11 is 0. The van der Waals surface area contributed by atoms with Crippen molar-refractivity contribution in [3.63, 3.8) is 0 Å². The molecule has 0 unspecified atom stereocenters. The monoisotopic (exact) mass is 266 g/mol. The number of benzene rings is 1. The van der Waals surface area contributed by atoms with Crippen LogP contribution < -0.4 is 20.5 Å². The fourth-order valence-electron chi connectivity index (χ4n) is 1.63. The Hall–Kier alpha value is -2.11. The molecule has 104 valence electrons. The van der Waals surface area contributed by atoms with Crippen LogP contribution in [0.5, 0.6) is 11.5 Å². The zero-order chi connectivity index (χ0) is 14.0. The highest BCUT2D eigenvalue weighted by Gasteiger charge is 2.19. The van der Waals surface area contributed by atoms with Crippen molar-refractivity contribution in [2.75, 3.05) is 24.3 Å². The van der Waals surface area contributed by atoms with Crippen molar-refractivity contribution in [3.05, 3.63) is 12.1 Å². The number of carbonyl (C=O) groups is 1. The summed E-state index contributed by atoms with van der Waals surface area (Å²) in [5, 5.41) is 2.60. The van der Waals surface area contributed by atoms with E-state index in [0.717, 1.165) is 0 Å². The van der Waals surface area contributed by atoms with Gasteiger partial charge in [0.15, 0.2) is 11.5 Å². The molecule has 1 aliphatic heterocycles. The predicted octanol–water partition coefficient (Wildman–Crippen LogP) is 2.39. The number of nitrogen functional groups attached to an aromatic ring is 1. The number of rotatable bonds is 1. The van der Waals surface area contributed by atoms with E-state index in [2.05, 4.69) is 5.32 Å². The second kappa shape index (κ2) is 4.87. The van der Waals surface area contributed by atoms with Crippen molar-refractivity contribution in [1.29, 1.82) is 0 Å². The Morgan fingerprint density at radius 2 is 1.84 bits per heavy atom. The topological polar surface area (TPSA) is 82.8 Å². The number of nitrogens with two attached hydrogens (primary N) is 1. The van der Waals surface area contributed by atoms with Gasteiger partial charge < -0.3 is 19.9 Å². The van der Waals surface area contributed by atoms with Crippen LogP contribution in [-0.4, -0.2) is 24.9 Å². The van der Waals surface area contributed by atoms with Crippen LogP contribution >= 0.6 is 0 Å². The number of fused-ring (bicyclic) bond motifs is 1. The van der Waals surface area contributed by atoms with Crippen LogP contribution in [0.4, 0.5) is 16.2 Å². The maximum Gasteiger partial charge on any atom is 0.412 e. The molecule has 1 heterocycles. The Morgan fingerprint density at radius 3 is 2.42 bits per heavy atom. The third-order valence-electron chi connectivity index (χ3n) is 2.35. The summed E-state index contributed by atoms with van der Waals surface area (Å²) in [6.07, 6.45) is -0.559. The van der Waals surface area contributed by atoms with Gasteiger partial charge in [-0.25, -0.2) is 4.79 Å². The molecule has 0 spiro atoms. The first-order chi connectivity index (χ1) is 8.85. The summed E-state index contributed by atoms with van der Waals surface area (Å²) in [5.41, 5.74) is 6.13. The van der Waals surface area contributed by atoms with E-state index < -0.39 is 11.7 Å². The number of hydrogen-bond donors (Lipinski definition) is 2. The van der Waals surface area contributed by atoms with Crippen molar-refractivity contribution in [3.8, 4) is 11.5 Å². The molecule has 0 saturated heterocycles. The lowest BCUT2D eigenvalue weighted by atomic mass is 10.2. The standard InChI is InChI=1S/C13H18N2O4/c1-13(2,3)19-12(16)15-9-7-11-10(6-8(9)14)17-4-5-18-11/h6-7H,4-5,14H2,1-3H3,(H,15,16). The van der Waals surface area contributed by atoms with Gasteiger partial charge in [0, 0.05) is 12.1 Å². The number of anilines is 2. The van der Waals surface area contributed by atoms with Crippen molar-refractivity contribution in [2.24, 2.45) is 0 Å². The molecule has 1 aromatic carbocycles. The van der Waals surface area contributed by atoms with Gasteiger partial charge in [0.05, 0.1) is 11.4 Å². The normalized spacial score (nSPS) is 13.8. The maximum atomic E-state index is 11.7. The molecular weight excluding hydrogens is 248 g/mol. The largest absolute Gasteiger partial charge is 0.486 e. The van der Waals surface area contributed by atoms with E-state index in [1.807, 2.05) is 0 Å². The van der Waals surface area contributed by atoms with Gasteiger partial charge in [0.1, 0.15) is 18.8 Å². The van der Waals surface area contributed by atoms with Gasteiger partial charge in [-0.1, -0.05) is 0 Å². The minimum Gasteiger partial charge on any atom is -0.486 e. The molecule has 0 aromatic heterocycles. The van der Waals surface area contributed by atoms with Gasteiger partial charge in [-0.2, -0.15) is 0 Å². The van der Waals surface area contributed by atoms with Gasteiger partial charge in [0.25, 0.3) is 0 Å². The fraction of sp³-hybridized carbons (Fsp3) is 0.462. The SMILES string of the molecule is CC(C)(C)OC(=O)Nc1cc2c(cc1N)OCCO2. The van der Waals surface area contributed by atoms with Crippen molar-refractivity contribution >= 4 is 17.5 Å². The van der Waals surface area contributed by atoms with Crippen LogP contribution in [0.1, 0.15) is 20.8 Å². The highest BCUT2D eigenvalue weighted by Crippen LogP contribution is 2.37. The van der Waals surface area contributed by atoms with E-state index in [4.69, 9.17) is 19.9 Å². The first-order valence-electron chi connectivity index (χ1n) is 6.04. The van der Waals surface area contributed by atoms with E-state index in [1.165, 1.54) is 0 Å². The van der Waals surface area contributed by atoms with Crippen LogP contribution in [-0.2, 0) is 4.74 Å². The Balaban J connectivity index is 2.14. The second-order valence-corrected chi connectivity index (χ2v) is 5.21. The minimum atomic E-state index is -0.563. The van der Waals surface area contributed by atoms with Crippen LogP contribution in [0.2, 0.25) is 0 Å². The van der Waals surface area contributed by atoms with Crippen molar-refractivity contribution in [1.82, 2.24) is 0 Å². The van der Waals surface area contributed by atoms with Crippen LogP contribution in [0.15, 0.2) is 12.1 Å². The average molecular weight is 266 g/mol. The van der Waals surface area contributed by atoms with Crippen molar-refractivity contribution < 1.29 is 19.0 Å². The fourth-order valence-corrected chi connectivity index (χ4v) is 1.63. The summed E-state index contributed by atoms with van der Waals surface area (Å²) in [6.45, 7) is 6.34. The zero-order valence-electron chi connectivity index (χ0n) is 11.3. The summed E-state index contributed by atoms with van der Waals surface area (Å²) in [4.78, 5) is 11.7. The molecule has 0 saturated carbocycles. The molecule has 2 rings (SSSR count). The molecule has 0 atom stereocenters. The summed E-state index contributed by atoms with van der Waals surface area (Å²) in [7, 11) is 0. The maximum absolute atomic E-state index is 11.7. The first-order valence-corrected chi connectivity index (χ1v) is 6.04. The van der Waals surface area contributed by atoms with Gasteiger partial charge in [0.2, 0.25) is 0 Å². The molecule has 3 N–H and O–H groups in total. The lowest BCUT2D eigenvalue weighted by Gasteiger charge is -2.22. The van der Waals surface area contributed by atoms with E-state index in [9.17, 15) is 4.79 Å². The lowest BCUT2D eigenvalue weighted by molar-refractivity contribution is 0.0636. The van der Waals surface area contributed by atoms with E-state index >= 15 is 0 Å². The number of amides is 1. The molecule has 6 heteroatoms. The molecule has 0 radical (unpaired) electrons. The summed E-state index contributed by atoms with van der Waals surface area (Å²) < 4.78 is 16.0. The number of carbonyl (C=O) groups excluding carboxylic acids is 1. The Bertz CT molecular complexity index is 494. The Kier molecular flexibility index (Phi) is 3.42. The summed E-state index contributed by atoms with van der Waals surface area (Å²) in [5.74, 6) is 1.14. The average Bonchev–Trinajstić information content (AvgIpc) is 2.27. The molecule has 0 bridgehead atoms. The van der Waals surface area contributed by atoms with E-state index in [-0.39, 0.29) is 0 Å². The molecule has 1 amide bonds. The summed E-state index contributed by atoms with van der Waals surface area (Å²) in [6, 6.07) is 3.26. The molecule has 0 aliphatic carbocycles. The van der Waals surface area contributed by atoms with Gasteiger partial charge in [-0.3, -0.25) is 5.32 Å². The predicted molar refractivity (Wildman–Crippen MR) is 71.7 cm³/mol. The quantitative estimate of drug-likeness (QED) is 0.762. The minimum absolute atomic E-state index is 0.398. The molecule has 6 nitrogen and oxygen atoms in total. The number of ether oxygens (including phenoxy) is 3. The van der Waals surface area contributed by atoms with Gasteiger partial charge in [-0.05, 0) is 20.8 Å². The first kappa shape index (κ1) is 13.3. The highest BCUT2D eigenvalue weighted by atomic mass is 16.6. The van der Waals surface area contributed by atoms with E-state index in [0.29, 0.717) is 36.1 Å². The zero-order valence-corrected chi connectivity index (χ0v) is 11.3. The molecule has 1 aliphatic rings. The van der Waals surface area contributed by atoms with Crippen LogP contribution in [0.25, 0.3) is 0 Å². The Morgan fingerprint density at radius 1 is 1.26 bits per heavy atom. The smallest absolute Gasteiger partial charge is 0.412 e. The van der Waals surface area contributed by atoms with Crippen molar-refractivity contribution in [2.45, 2.75) is 26.4 Å². The molecular formula is C13H18N2O4. The molecule has 19 heavy (non-hydrogen) atoms. The van der Waals surface area contributed by atoms with Crippen LogP contribution in [0.3, 0.4) is 0 Å². The van der Waals surface area contributed by atoms with Gasteiger partial charge in [-0.15, -0.1) is 0 Å². The lowest BCUT2D eigenvalue weighted by Crippen LogP contribution is -2.27. The van der Waals surface area contributed by atoms with E-state index in [1.54, 1.807) is 32.9 Å². The third kappa shape index (κ3) is 3.43. The molecule has 1 aromatic rings. The van der Waals surface area contributed by atoms with Crippen LogP contribution in [0, 0.1) is 0 Å². The molecule has 0 fully saturated rings. The Labute approximate surface area is 111 Å². The number of hydrogen-bond acceptors (Lipinski definition) is 5. The van der Waals surface area contributed by atoms with Gasteiger partial charge >= 0.3 is 6.09 Å². The third-order valence-corrected chi connectivity index (χ3v) is 2.35.